The van der Waals surface area contributed by atoms with Gasteiger partial charge in [0.05, 0.1) is 23.3 Å². The van der Waals surface area contributed by atoms with Crippen molar-refractivity contribution in [2.24, 2.45) is 0 Å². The Labute approximate surface area is 164 Å². The van der Waals surface area contributed by atoms with E-state index in [4.69, 9.17) is 26.2 Å². The van der Waals surface area contributed by atoms with Gasteiger partial charge in [-0.3, -0.25) is 0 Å². The minimum Gasteiger partial charge on any atom is -0.462 e. The highest BCUT2D eigenvalue weighted by Gasteiger charge is 2.30. The Morgan fingerprint density at radius 2 is 2.04 bits per heavy atom. The van der Waals surface area contributed by atoms with Crippen molar-refractivity contribution >= 4 is 28.6 Å². The second-order valence-electron chi connectivity index (χ2n) is 7.40. The van der Waals surface area contributed by atoms with Crippen LogP contribution in [-0.2, 0) is 9.47 Å². The molecule has 0 amide bonds. The number of aromatic nitrogens is 3. The van der Waals surface area contributed by atoms with Crippen LogP contribution in [0.15, 0.2) is 6.07 Å². The van der Waals surface area contributed by atoms with Crippen molar-refractivity contribution < 1.29 is 14.3 Å². The Morgan fingerprint density at radius 1 is 1.26 bits per heavy atom. The van der Waals surface area contributed by atoms with E-state index >= 15 is 0 Å². The lowest BCUT2D eigenvalue weighted by Gasteiger charge is -2.23. The molecule has 27 heavy (non-hydrogen) atoms. The van der Waals surface area contributed by atoms with Gasteiger partial charge in [-0.15, -0.1) is 0 Å². The number of halogens is 1. The van der Waals surface area contributed by atoms with E-state index in [1.54, 1.807) is 13.0 Å². The summed E-state index contributed by atoms with van der Waals surface area (Å²) in [4.78, 5) is 17.2. The number of nitrogens with zero attached hydrogens (tertiary/aromatic N) is 3. The van der Waals surface area contributed by atoms with Crippen molar-refractivity contribution in [1.82, 2.24) is 14.8 Å². The molecule has 4 rings (SSSR count). The molecule has 0 bridgehead atoms. The van der Waals surface area contributed by atoms with Gasteiger partial charge in [-0.05, 0) is 45.1 Å². The summed E-state index contributed by atoms with van der Waals surface area (Å²) in [5, 5.41) is 6.01. The summed E-state index contributed by atoms with van der Waals surface area (Å²) in [6.45, 7) is 2.84. The highest BCUT2D eigenvalue weighted by atomic mass is 35.5. The maximum absolute atomic E-state index is 12.7. The van der Waals surface area contributed by atoms with Crippen molar-refractivity contribution in [2.75, 3.05) is 13.2 Å². The first kappa shape index (κ1) is 18.7. The van der Waals surface area contributed by atoms with Gasteiger partial charge in [0, 0.05) is 12.5 Å². The Morgan fingerprint density at radius 3 is 2.74 bits per heavy atom. The van der Waals surface area contributed by atoms with Crippen LogP contribution < -0.4 is 0 Å². The monoisotopic (exact) mass is 391 g/mol. The van der Waals surface area contributed by atoms with Crippen molar-refractivity contribution in [1.29, 1.82) is 0 Å². The Hall–Kier alpha value is -1.66. The van der Waals surface area contributed by atoms with Crippen LogP contribution in [-0.4, -0.2) is 33.9 Å². The third-order valence-corrected chi connectivity index (χ3v) is 5.77. The van der Waals surface area contributed by atoms with Crippen LogP contribution >= 0.6 is 11.6 Å². The van der Waals surface area contributed by atoms with E-state index in [9.17, 15) is 4.79 Å². The molecule has 0 radical (unpaired) electrons. The summed E-state index contributed by atoms with van der Waals surface area (Å²) in [5.41, 5.74) is 2.05. The molecule has 6 nitrogen and oxygen atoms in total. The van der Waals surface area contributed by atoms with E-state index in [2.05, 4.69) is 4.98 Å². The molecular weight excluding hydrogens is 366 g/mol. The first-order valence-electron chi connectivity index (χ1n) is 10.1. The molecule has 1 saturated carbocycles. The standard InChI is InChI=1S/C20H26ClN3O3/c1-2-26-20(25)14-12-15(21)22-19-17(14)18(13-8-4-3-5-9-13)23-24(19)16-10-6-7-11-27-16/h12-13,16H,2-11H2,1H3. The first-order valence-corrected chi connectivity index (χ1v) is 10.4. The van der Waals surface area contributed by atoms with E-state index in [0.29, 0.717) is 23.7 Å². The van der Waals surface area contributed by atoms with Gasteiger partial charge in [0.1, 0.15) is 5.15 Å². The quantitative estimate of drug-likeness (QED) is 0.541. The Kier molecular flexibility index (Phi) is 5.64. The number of carbonyl (C=O) groups is 1. The number of carbonyl (C=O) groups excluding carboxylic acids is 1. The zero-order valence-electron chi connectivity index (χ0n) is 15.7. The fraction of sp³-hybridized carbons (Fsp3) is 0.650. The summed E-state index contributed by atoms with van der Waals surface area (Å²) in [6.07, 6.45) is 8.71. The smallest absolute Gasteiger partial charge is 0.339 e. The van der Waals surface area contributed by atoms with Crippen LogP contribution in [0, 0.1) is 0 Å². The lowest BCUT2D eigenvalue weighted by Crippen LogP contribution is -2.20. The van der Waals surface area contributed by atoms with E-state index in [0.717, 1.165) is 49.8 Å². The number of ether oxygens (including phenoxy) is 2. The third-order valence-electron chi connectivity index (χ3n) is 5.57. The molecule has 1 aliphatic carbocycles. The van der Waals surface area contributed by atoms with E-state index in [1.165, 1.54) is 19.3 Å². The lowest BCUT2D eigenvalue weighted by atomic mass is 9.85. The van der Waals surface area contributed by atoms with Gasteiger partial charge >= 0.3 is 5.97 Å². The van der Waals surface area contributed by atoms with Gasteiger partial charge in [0.25, 0.3) is 0 Å². The molecule has 1 atom stereocenters. The molecule has 146 valence electrons. The number of pyridine rings is 1. The van der Waals surface area contributed by atoms with Gasteiger partial charge in [-0.2, -0.15) is 5.10 Å². The molecule has 2 aromatic rings. The van der Waals surface area contributed by atoms with Crippen molar-refractivity contribution in [3.05, 3.63) is 22.5 Å². The summed E-state index contributed by atoms with van der Waals surface area (Å²) in [7, 11) is 0. The molecule has 2 aromatic heterocycles. The maximum Gasteiger partial charge on any atom is 0.339 e. The average molecular weight is 392 g/mol. The van der Waals surface area contributed by atoms with Gasteiger partial charge in [0.15, 0.2) is 11.9 Å². The highest BCUT2D eigenvalue weighted by Crippen LogP contribution is 2.39. The summed E-state index contributed by atoms with van der Waals surface area (Å²) in [5.74, 6) is -0.0322. The lowest BCUT2D eigenvalue weighted by molar-refractivity contribution is -0.0373. The summed E-state index contributed by atoms with van der Waals surface area (Å²) >= 11 is 6.27. The molecule has 0 aromatic carbocycles. The minimum absolute atomic E-state index is 0.153. The van der Waals surface area contributed by atoms with Crippen molar-refractivity contribution in [3.8, 4) is 0 Å². The van der Waals surface area contributed by atoms with E-state index in [1.807, 2.05) is 4.68 Å². The van der Waals surface area contributed by atoms with Crippen LogP contribution in [0.25, 0.3) is 11.0 Å². The zero-order valence-corrected chi connectivity index (χ0v) is 16.5. The van der Waals surface area contributed by atoms with Crippen LogP contribution in [0.3, 0.4) is 0 Å². The van der Waals surface area contributed by atoms with Crippen LogP contribution in [0.4, 0.5) is 0 Å². The largest absolute Gasteiger partial charge is 0.462 e. The normalized spacial score (nSPS) is 21.5. The van der Waals surface area contributed by atoms with E-state index in [-0.39, 0.29) is 17.4 Å². The minimum atomic E-state index is -0.368. The second kappa shape index (κ2) is 8.15. The number of rotatable bonds is 4. The molecule has 0 N–H and O–H groups in total. The molecule has 1 unspecified atom stereocenters. The SMILES string of the molecule is CCOC(=O)c1cc(Cl)nc2c1c(C1CCCCC1)nn2C1CCCCO1. The van der Waals surface area contributed by atoms with Gasteiger partial charge in [-0.25, -0.2) is 14.5 Å². The van der Waals surface area contributed by atoms with E-state index < -0.39 is 0 Å². The molecule has 1 aliphatic heterocycles. The van der Waals surface area contributed by atoms with Gasteiger partial charge in [0.2, 0.25) is 0 Å². The average Bonchev–Trinajstić information content (AvgIpc) is 3.08. The Balaban J connectivity index is 1.89. The van der Waals surface area contributed by atoms with Crippen LogP contribution in [0.1, 0.15) is 86.5 Å². The highest BCUT2D eigenvalue weighted by molar-refractivity contribution is 6.30. The number of hydrogen-bond acceptors (Lipinski definition) is 5. The summed E-state index contributed by atoms with van der Waals surface area (Å²) in [6, 6.07) is 1.61. The van der Waals surface area contributed by atoms with Gasteiger partial charge < -0.3 is 9.47 Å². The molecule has 1 saturated heterocycles. The molecule has 7 heteroatoms. The third kappa shape index (κ3) is 3.69. The molecular formula is C20H26ClN3O3. The number of esters is 1. The van der Waals surface area contributed by atoms with Gasteiger partial charge in [-0.1, -0.05) is 30.9 Å². The predicted octanol–water partition coefficient (Wildman–Crippen LogP) is 5.01. The zero-order chi connectivity index (χ0) is 18.8. The van der Waals surface area contributed by atoms with Crippen LogP contribution in [0.2, 0.25) is 5.15 Å². The first-order chi connectivity index (χ1) is 13.2. The molecule has 0 spiro atoms. The number of hydrogen-bond donors (Lipinski definition) is 0. The van der Waals surface area contributed by atoms with Crippen molar-refractivity contribution in [2.45, 2.75) is 70.4 Å². The Bertz CT molecular complexity index is 823. The van der Waals surface area contributed by atoms with Crippen molar-refractivity contribution in [3.63, 3.8) is 0 Å². The fourth-order valence-corrected chi connectivity index (χ4v) is 4.47. The molecule has 3 heterocycles. The fourth-order valence-electron chi connectivity index (χ4n) is 4.28. The second-order valence-corrected chi connectivity index (χ2v) is 7.78. The maximum atomic E-state index is 12.7. The molecule has 2 fully saturated rings. The topological polar surface area (TPSA) is 66.2 Å². The number of fused-ring (bicyclic) bond motifs is 1. The predicted molar refractivity (Wildman–Crippen MR) is 103 cm³/mol. The summed E-state index contributed by atoms with van der Waals surface area (Å²) < 4.78 is 13.1. The molecule has 2 aliphatic rings. The van der Waals surface area contributed by atoms with Crippen LogP contribution in [0.5, 0.6) is 0 Å².